The monoisotopic (exact) mass is 462 g/mol. The maximum atomic E-state index is 13.5. The topological polar surface area (TPSA) is 27.7 Å². The third kappa shape index (κ3) is 5.97. The van der Waals surface area contributed by atoms with Crippen LogP contribution in [0.3, 0.4) is 0 Å². The van der Waals surface area contributed by atoms with Gasteiger partial charge < -0.3 is 14.2 Å². The largest absolute Gasteiger partial charge is 0.457 e. The smallest absolute Gasteiger partial charge is 0.134 e. The van der Waals surface area contributed by atoms with Crippen LogP contribution in [0.25, 0.3) is 0 Å². The maximum absolute atomic E-state index is 13.5. The van der Waals surface area contributed by atoms with Gasteiger partial charge in [-0.15, -0.1) is 0 Å². The summed E-state index contributed by atoms with van der Waals surface area (Å²) >= 11 is 0. The Labute approximate surface area is 183 Å². The van der Waals surface area contributed by atoms with Crippen LogP contribution in [0.5, 0.6) is 34.5 Å². The molecular weight excluding hydrogens is 450 g/mol. The lowest BCUT2D eigenvalue weighted by Gasteiger charge is -2.13. The van der Waals surface area contributed by atoms with Crippen LogP contribution in [0, 0.1) is 34.9 Å². The summed E-state index contributed by atoms with van der Waals surface area (Å²) in [5, 5.41) is 0. The highest BCUT2D eigenvalue weighted by Gasteiger charge is 2.12. The fourth-order valence-corrected chi connectivity index (χ4v) is 2.89. The van der Waals surface area contributed by atoms with Gasteiger partial charge in [-0.05, 0) is 0 Å². The molecule has 0 saturated carbocycles. The van der Waals surface area contributed by atoms with Gasteiger partial charge in [0.05, 0.1) is 0 Å². The van der Waals surface area contributed by atoms with Gasteiger partial charge in [0.2, 0.25) is 0 Å². The number of benzene rings is 4. The Balaban J connectivity index is 1.71. The van der Waals surface area contributed by atoms with Gasteiger partial charge in [0.25, 0.3) is 0 Å². The molecule has 168 valence electrons. The van der Waals surface area contributed by atoms with Crippen LogP contribution in [0.2, 0.25) is 0 Å². The van der Waals surface area contributed by atoms with Crippen molar-refractivity contribution in [3.8, 4) is 34.5 Å². The van der Waals surface area contributed by atoms with E-state index < -0.39 is 34.9 Å². The van der Waals surface area contributed by atoms with Crippen LogP contribution in [-0.4, -0.2) is 0 Å². The molecule has 0 N–H and O–H groups in total. The summed E-state index contributed by atoms with van der Waals surface area (Å²) in [6.07, 6.45) is 0. The molecule has 9 heteroatoms. The van der Waals surface area contributed by atoms with Gasteiger partial charge in [0, 0.05) is 72.8 Å². The van der Waals surface area contributed by atoms with E-state index in [0.717, 1.165) is 36.4 Å². The first-order valence-corrected chi connectivity index (χ1v) is 9.29. The van der Waals surface area contributed by atoms with Crippen LogP contribution in [0.4, 0.5) is 26.3 Å². The molecule has 0 aliphatic heterocycles. The normalized spacial score (nSPS) is 10.7. The minimum atomic E-state index is -0.889. The summed E-state index contributed by atoms with van der Waals surface area (Å²) in [5.74, 6) is -6.11. The molecule has 0 bridgehead atoms. The fraction of sp³-hybridized carbons (Fsp3) is 0. The fourth-order valence-electron chi connectivity index (χ4n) is 2.89. The van der Waals surface area contributed by atoms with Crippen molar-refractivity contribution in [2.45, 2.75) is 0 Å². The maximum Gasteiger partial charge on any atom is 0.134 e. The van der Waals surface area contributed by atoms with Crippen LogP contribution >= 0.6 is 0 Å². The van der Waals surface area contributed by atoms with Gasteiger partial charge in [0.1, 0.15) is 69.4 Å². The summed E-state index contributed by atoms with van der Waals surface area (Å²) in [5.41, 5.74) is 0. The van der Waals surface area contributed by atoms with E-state index in [4.69, 9.17) is 14.2 Å². The highest BCUT2D eigenvalue weighted by atomic mass is 19.2. The van der Waals surface area contributed by atoms with Crippen LogP contribution in [-0.2, 0) is 0 Å². The molecule has 3 nitrogen and oxygen atoms in total. The zero-order valence-corrected chi connectivity index (χ0v) is 16.4. The molecule has 0 unspecified atom stereocenters. The lowest BCUT2D eigenvalue weighted by atomic mass is 10.2. The molecule has 0 aliphatic rings. The Morgan fingerprint density at radius 1 is 0.273 bits per heavy atom. The first kappa shape index (κ1) is 22.1. The first-order chi connectivity index (χ1) is 15.7. The SMILES string of the molecule is Fc1cc(F)cc(Oc2cc(Oc3cc(F)cc(F)c3)cc(Oc3cc(F)cc(F)c3)c2)c1. The van der Waals surface area contributed by atoms with Crippen molar-refractivity contribution in [1.82, 2.24) is 0 Å². The molecule has 0 fully saturated rings. The van der Waals surface area contributed by atoms with Crippen LogP contribution in [0.1, 0.15) is 0 Å². The van der Waals surface area contributed by atoms with Crippen molar-refractivity contribution in [3.63, 3.8) is 0 Å². The predicted molar refractivity (Wildman–Crippen MR) is 106 cm³/mol. The quantitative estimate of drug-likeness (QED) is 0.273. The standard InChI is InChI=1S/C24H12F6O3/c25-13-1-14(26)5-19(4-13)31-22-10-23(32-20-6-15(27)2-16(28)7-20)12-24(11-22)33-21-8-17(29)3-18(30)9-21/h1-12H. The summed E-state index contributed by atoms with van der Waals surface area (Å²) < 4.78 is 97.4. The molecule has 4 rings (SSSR count). The predicted octanol–water partition coefficient (Wildman–Crippen LogP) is 7.90. The van der Waals surface area contributed by atoms with Crippen molar-refractivity contribution in [1.29, 1.82) is 0 Å². The third-order valence-electron chi connectivity index (χ3n) is 4.07. The molecule has 0 spiro atoms. The number of halogens is 6. The van der Waals surface area contributed by atoms with Gasteiger partial charge in [0.15, 0.2) is 0 Å². The Morgan fingerprint density at radius 3 is 0.667 bits per heavy atom. The van der Waals surface area contributed by atoms with Crippen molar-refractivity contribution in [3.05, 3.63) is 108 Å². The number of rotatable bonds is 6. The number of ether oxygens (including phenoxy) is 3. The molecule has 0 radical (unpaired) electrons. The van der Waals surface area contributed by atoms with E-state index in [1.54, 1.807) is 0 Å². The third-order valence-corrected chi connectivity index (χ3v) is 4.07. The number of hydrogen-bond donors (Lipinski definition) is 0. The highest BCUT2D eigenvalue weighted by Crippen LogP contribution is 2.36. The lowest BCUT2D eigenvalue weighted by molar-refractivity contribution is 0.431. The summed E-state index contributed by atoms with van der Waals surface area (Å²) in [7, 11) is 0. The average Bonchev–Trinajstić information content (AvgIpc) is 2.65. The molecule has 0 heterocycles. The van der Waals surface area contributed by atoms with Gasteiger partial charge in [-0.3, -0.25) is 0 Å². The zero-order valence-electron chi connectivity index (χ0n) is 16.4. The molecule has 4 aromatic carbocycles. The van der Waals surface area contributed by atoms with E-state index in [9.17, 15) is 26.3 Å². The Hall–Kier alpha value is -4.14. The molecule has 0 amide bonds. The van der Waals surface area contributed by atoms with Crippen molar-refractivity contribution < 1.29 is 40.6 Å². The van der Waals surface area contributed by atoms with E-state index in [2.05, 4.69) is 0 Å². The van der Waals surface area contributed by atoms with Crippen LogP contribution < -0.4 is 14.2 Å². The zero-order chi connectivity index (χ0) is 23.5. The van der Waals surface area contributed by atoms with Crippen LogP contribution in [0.15, 0.2) is 72.8 Å². The van der Waals surface area contributed by atoms with Crippen molar-refractivity contribution in [2.24, 2.45) is 0 Å². The van der Waals surface area contributed by atoms with Gasteiger partial charge >= 0.3 is 0 Å². The molecular formula is C24H12F6O3. The molecule has 4 aromatic rings. The Kier molecular flexibility index (Phi) is 6.12. The van der Waals surface area contributed by atoms with E-state index >= 15 is 0 Å². The highest BCUT2D eigenvalue weighted by molar-refractivity contribution is 5.47. The van der Waals surface area contributed by atoms with E-state index in [0.29, 0.717) is 18.2 Å². The van der Waals surface area contributed by atoms with Gasteiger partial charge in [-0.1, -0.05) is 0 Å². The second-order valence-corrected chi connectivity index (χ2v) is 6.76. The average molecular weight is 462 g/mol. The minimum absolute atomic E-state index is 0.0544. The summed E-state index contributed by atoms with van der Waals surface area (Å²) in [6.45, 7) is 0. The lowest BCUT2D eigenvalue weighted by Crippen LogP contribution is -1.93. The Morgan fingerprint density at radius 2 is 0.455 bits per heavy atom. The minimum Gasteiger partial charge on any atom is -0.457 e. The van der Waals surface area contributed by atoms with Crippen molar-refractivity contribution in [2.75, 3.05) is 0 Å². The van der Waals surface area contributed by atoms with E-state index in [1.807, 2.05) is 0 Å². The van der Waals surface area contributed by atoms with E-state index in [-0.39, 0.29) is 34.5 Å². The Bertz CT molecular complexity index is 1090. The summed E-state index contributed by atoms with van der Waals surface area (Å²) in [6, 6.07) is 11.2. The number of hydrogen-bond acceptors (Lipinski definition) is 3. The molecule has 0 atom stereocenters. The second-order valence-electron chi connectivity index (χ2n) is 6.76. The molecule has 0 saturated heterocycles. The van der Waals surface area contributed by atoms with Gasteiger partial charge in [-0.2, -0.15) is 0 Å². The second kappa shape index (κ2) is 9.15. The van der Waals surface area contributed by atoms with E-state index in [1.165, 1.54) is 18.2 Å². The molecule has 33 heavy (non-hydrogen) atoms. The van der Waals surface area contributed by atoms with Gasteiger partial charge in [-0.25, -0.2) is 26.3 Å². The van der Waals surface area contributed by atoms with Crippen molar-refractivity contribution >= 4 is 0 Å². The summed E-state index contributed by atoms with van der Waals surface area (Å²) in [4.78, 5) is 0. The molecule has 0 aliphatic carbocycles. The molecule has 0 aromatic heterocycles. The first-order valence-electron chi connectivity index (χ1n) is 9.29.